The van der Waals surface area contributed by atoms with Crippen LogP contribution in [-0.4, -0.2) is 52.6 Å². The second-order valence-corrected chi connectivity index (χ2v) is 9.22. The van der Waals surface area contributed by atoms with Crippen LogP contribution in [0, 0.1) is 5.82 Å². The first-order chi connectivity index (χ1) is 10.7. The van der Waals surface area contributed by atoms with E-state index in [-0.39, 0.29) is 22.4 Å². The fraction of sp³-hybridized carbons (Fsp3) is 0.538. The highest BCUT2D eigenvalue weighted by Crippen LogP contribution is 2.24. The second-order valence-electron chi connectivity index (χ2n) is 5.32. The number of nitrogens with one attached hydrogen (secondary N) is 2. The van der Waals surface area contributed by atoms with Gasteiger partial charge in [-0.25, -0.2) is 21.2 Å². The molecule has 0 aromatic heterocycles. The van der Waals surface area contributed by atoms with Gasteiger partial charge < -0.3 is 5.32 Å². The Hall–Kier alpha value is -1.23. The van der Waals surface area contributed by atoms with Crippen LogP contribution in [0.25, 0.3) is 0 Å². The summed E-state index contributed by atoms with van der Waals surface area (Å²) in [6.45, 7) is 4.54. The van der Waals surface area contributed by atoms with E-state index >= 15 is 0 Å². The quantitative estimate of drug-likeness (QED) is 0.795. The van der Waals surface area contributed by atoms with Gasteiger partial charge in [-0.05, 0) is 32.0 Å². The summed E-state index contributed by atoms with van der Waals surface area (Å²) in [6.07, 6.45) is 0. The van der Waals surface area contributed by atoms with Crippen molar-refractivity contribution in [3.8, 4) is 0 Å². The molecular formula is C13H20FN3O4S2. The third kappa shape index (κ3) is 4.00. The molecule has 1 aliphatic heterocycles. The maximum absolute atomic E-state index is 14.1. The van der Waals surface area contributed by atoms with Crippen molar-refractivity contribution in [1.29, 1.82) is 0 Å². The van der Waals surface area contributed by atoms with Crippen molar-refractivity contribution in [2.24, 2.45) is 0 Å². The van der Waals surface area contributed by atoms with E-state index in [0.29, 0.717) is 19.6 Å². The third-order valence-electron chi connectivity index (χ3n) is 3.63. The number of piperazine rings is 1. The molecule has 1 saturated heterocycles. The minimum atomic E-state index is -3.82. The van der Waals surface area contributed by atoms with Gasteiger partial charge in [0.15, 0.2) is 0 Å². The van der Waals surface area contributed by atoms with Crippen molar-refractivity contribution in [2.45, 2.75) is 24.8 Å². The van der Waals surface area contributed by atoms with Crippen LogP contribution in [-0.2, 0) is 20.0 Å². The van der Waals surface area contributed by atoms with Crippen LogP contribution >= 0.6 is 0 Å². The molecule has 7 nitrogen and oxygen atoms in total. The van der Waals surface area contributed by atoms with Crippen LogP contribution in [0.4, 0.5) is 10.1 Å². The maximum atomic E-state index is 14.1. The van der Waals surface area contributed by atoms with Crippen LogP contribution < -0.4 is 10.0 Å². The highest BCUT2D eigenvalue weighted by atomic mass is 32.2. The summed E-state index contributed by atoms with van der Waals surface area (Å²) in [4.78, 5) is -0.191. The number of sulfonamides is 2. The molecular weight excluding hydrogens is 345 g/mol. The Morgan fingerprint density at radius 1 is 1.35 bits per heavy atom. The van der Waals surface area contributed by atoms with Gasteiger partial charge in [-0.1, -0.05) is 0 Å². The summed E-state index contributed by atoms with van der Waals surface area (Å²) in [5, 5.41) is 3.08. The minimum Gasteiger partial charge on any atom is -0.314 e. The van der Waals surface area contributed by atoms with Crippen LogP contribution in [0.3, 0.4) is 0 Å². The smallest absolute Gasteiger partial charge is 0.243 e. The Morgan fingerprint density at radius 2 is 2.04 bits per heavy atom. The van der Waals surface area contributed by atoms with Crippen molar-refractivity contribution in [3.63, 3.8) is 0 Å². The Kier molecular flexibility index (Phi) is 5.29. The lowest BCUT2D eigenvalue weighted by Gasteiger charge is -2.32. The lowest BCUT2D eigenvalue weighted by molar-refractivity contribution is 0.284. The molecule has 23 heavy (non-hydrogen) atoms. The zero-order chi connectivity index (χ0) is 17.3. The molecule has 0 saturated carbocycles. The molecule has 1 fully saturated rings. The molecule has 0 aliphatic carbocycles. The van der Waals surface area contributed by atoms with Crippen LogP contribution in [0.5, 0.6) is 0 Å². The Bertz CT molecular complexity index is 780. The number of benzene rings is 1. The first kappa shape index (κ1) is 18.1. The van der Waals surface area contributed by atoms with E-state index in [0.717, 1.165) is 12.1 Å². The summed E-state index contributed by atoms with van der Waals surface area (Å²) in [5.74, 6) is -1.13. The predicted octanol–water partition coefficient (Wildman–Crippen LogP) is 0.570. The highest BCUT2D eigenvalue weighted by Gasteiger charge is 2.31. The predicted molar refractivity (Wildman–Crippen MR) is 85.7 cm³/mol. The summed E-state index contributed by atoms with van der Waals surface area (Å²) >= 11 is 0. The fourth-order valence-corrected chi connectivity index (χ4v) is 4.58. The van der Waals surface area contributed by atoms with Gasteiger partial charge in [0.25, 0.3) is 0 Å². The largest absolute Gasteiger partial charge is 0.314 e. The summed E-state index contributed by atoms with van der Waals surface area (Å²) < 4.78 is 65.6. The molecule has 0 spiro atoms. The molecule has 1 aliphatic rings. The zero-order valence-electron chi connectivity index (χ0n) is 12.9. The molecule has 1 unspecified atom stereocenters. The molecule has 2 rings (SSSR count). The van der Waals surface area contributed by atoms with Gasteiger partial charge in [-0.3, -0.25) is 4.72 Å². The molecule has 130 valence electrons. The van der Waals surface area contributed by atoms with E-state index in [1.165, 1.54) is 17.3 Å². The normalized spacial score (nSPS) is 20.4. The van der Waals surface area contributed by atoms with Crippen LogP contribution in [0.15, 0.2) is 23.1 Å². The van der Waals surface area contributed by atoms with Crippen molar-refractivity contribution < 1.29 is 21.2 Å². The molecule has 0 bridgehead atoms. The lowest BCUT2D eigenvalue weighted by Crippen LogP contribution is -2.52. The average Bonchev–Trinajstić information content (AvgIpc) is 2.49. The van der Waals surface area contributed by atoms with E-state index < -0.39 is 25.9 Å². The van der Waals surface area contributed by atoms with Gasteiger partial charge >= 0.3 is 0 Å². The van der Waals surface area contributed by atoms with E-state index in [1.54, 1.807) is 6.92 Å². The SMILES string of the molecule is CCS(=O)(=O)Nc1ccc(S(=O)(=O)N2CCNCC2C)cc1F. The first-order valence-electron chi connectivity index (χ1n) is 7.20. The molecule has 1 aromatic carbocycles. The second kappa shape index (κ2) is 6.71. The summed E-state index contributed by atoms with van der Waals surface area (Å²) in [6, 6.07) is 2.94. The topological polar surface area (TPSA) is 95.6 Å². The van der Waals surface area contributed by atoms with E-state index in [9.17, 15) is 21.2 Å². The van der Waals surface area contributed by atoms with Crippen LogP contribution in [0.1, 0.15) is 13.8 Å². The third-order valence-corrected chi connectivity index (χ3v) is 6.93. The molecule has 10 heteroatoms. The first-order valence-corrected chi connectivity index (χ1v) is 10.3. The molecule has 1 heterocycles. The Labute approximate surface area is 136 Å². The van der Waals surface area contributed by atoms with Gasteiger partial charge in [-0.15, -0.1) is 0 Å². The Morgan fingerprint density at radius 3 is 2.61 bits per heavy atom. The average molecular weight is 365 g/mol. The number of halogens is 1. The zero-order valence-corrected chi connectivity index (χ0v) is 14.5. The monoisotopic (exact) mass is 365 g/mol. The van der Waals surface area contributed by atoms with E-state index in [2.05, 4.69) is 10.0 Å². The van der Waals surface area contributed by atoms with Gasteiger partial charge in [0.1, 0.15) is 5.82 Å². The summed E-state index contributed by atoms with van der Waals surface area (Å²) in [7, 11) is -7.45. The van der Waals surface area contributed by atoms with Gasteiger partial charge in [0, 0.05) is 25.7 Å². The standard InChI is InChI=1S/C13H20FN3O4S2/c1-3-22(18,19)16-13-5-4-11(8-12(13)14)23(20,21)17-7-6-15-9-10(17)2/h4-5,8,10,15-16H,3,6-7,9H2,1-2H3. The molecule has 2 N–H and O–H groups in total. The highest BCUT2D eigenvalue weighted by molar-refractivity contribution is 7.92. The van der Waals surface area contributed by atoms with Crippen molar-refractivity contribution in [2.75, 3.05) is 30.1 Å². The van der Waals surface area contributed by atoms with Gasteiger partial charge in [0.05, 0.1) is 16.3 Å². The van der Waals surface area contributed by atoms with E-state index in [1.807, 2.05) is 0 Å². The van der Waals surface area contributed by atoms with Gasteiger partial charge in [-0.2, -0.15) is 4.31 Å². The van der Waals surface area contributed by atoms with Crippen LogP contribution in [0.2, 0.25) is 0 Å². The molecule has 0 amide bonds. The number of rotatable bonds is 5. The Balaban J connectivity index is 2.32. The summed E-state index contributed by atoms with van der Waals surface area (Å²) in [5.41, 5.74) is -0.265. The molecule has 1 aromatic rings. The fourth-order valence-electron chi connectivity index (χ4n) is 2.29. The number of nitrogens with zero attached hydrogens (tertiary/aromatic N) is 1. The van der Waals surface area contributed by atoms with Crippen molar-refractivity contribution in [1.82, 2.24) is 9.62 Å². The van der Waals surface area contributed by atoms with E-state index in [4.69, 9.17) is 0 Å². The number of hydrogen-bond donors (Lipinski definition) is 2. The van der Waals surface area contributed by atoms with Crippen molar-refractivity contribution in [3.05, 3.63) is 24.0 Å². The minimum absolute atomic E-state index is 0.191. The lowest BCUT2D eigenvalue weighted by atomic mass is 10.3. The van der Waals surface area contributed by atoms with Crippen molar-refractivity contribution >= 4 is 25.7 Å². The number of hydrogen-bond acceptors (Lipinski definition) is 5. The molecule has 0 radical (unpaired) electrons. The number of anilines is 1. The van der Waals surface area contributed by atoms with Gasteiger partial charge in [0.2, 0.25) is 20.0 Å². The maximum Gasteiger partial charge on any atom is 0.243 e. The molecule has 1 atom stereocenters.